The van der Waals surface area contributed by atoms with Crippen LogP contribution in [0.3, 0.4) is 0 Å². The number of carbonyl (C=O) groups excluding carboxylic acids is 1. The molecule has 3 aromatic carbocycles. The van der Waals surface area contributed by atoms with Crippen molar-refractivity contribution >= 4 is 68.9 Å². The molecule has 0 atom stereocenters. The predicted octanol–water partition coefficient (Wildman–Crippen LogP) is 7.32. The maximum atomic E-state index is 12.1. The molecule has 0 radical (unpaired) electrons. The largest absolute Gasteiger partial charge is 0.334 e. The van der Waals surface area contributed by atoms with E-state index in [4.69, 9.17) is 52.1 Å². The van der Waals surface area contributed by atoms with E-state index in [0.717, 1.165) is 27.6 Å². The minimum absolute atomic E-state index is 0.291. The molecule has 0 saturated heterocycles. The van der Waals surface area contributed by atoms with E-state index in [-0.39, 0.29) is 6.03 Å². The summed E-state index contributed by atoms with van der Waals surface area (Å²) in [5.41, 5.74) is 7.97. The second-order valence-electron chi connectivity index (χ2n) is 6.91. The second kappa shape index (κ2) is 12.1. The number of nitrogens with zero attached hydrogens (tertiary/aromatic N) is 1. The maximum Gasteiger partial charge on any atom is 0.319 e. The number of fused-ring (bicyclic) bond motifs is 1. The summed E-state index contributed by atoms with van der Waals surface area (Å²) in [6.45, 7) is 0.853. The number of nitrogens with two attached hydrogens (primary N) is 1. The summed E-state index contributed by atoms with van der Waals surface area (Å²) < 4.78 is 0. The molecule has 1 heterocycles. The summed E-state index contributed by atoms with van der Waals surface area (Å²) in [5, 5.41) is 9.62. The smallest absolute Gasteiger partial charge is 0.319 e. The van der Waals surface area contributed by atoms with Crippen molar-refractivity contribution in [3.63, 3.8) is 0 Å². The van der Waals surface area contributed by atoms with Gasteiger partial charge in [-0.2, -0.15) is 0 Å². The lowest BCUT2D eigenvalue weighted by atomic mass is 10.1. The highest BCUT2D eigenvalue weighted by molar-refractivity contribution is 6.42. The van der Waals surface area contributed by atoms with Gasteiger partial charge in [0, 0.05) is 36.3 Å². The van der Waals surface area contributed by atoms with Gasteiger partial charge in [0.2, 0.25) is 0 Å². The molecule has 0 aliphatic rings. The highest BCUT2D eigenvalue weighted by Gasteiger charge is 2.06. The van der Waals surface area contributed by atoms with Crippen molar-refractivity contribution in [3.8, 4) is 0 Å². The standard InChI is InChI=1S/C17H13Cl2N3O.C7H7Cl2N/c18-14-5-4-11(8-15(14)19)9-21-17(23)22-16-3-1-2-12-10-20-7-6-13(12)16;8-6-2-1-5(4-10)3-7(6)9/h1-8,10H,9H2,(H2,21,22,23);1-3H,4,10H2. The molecule has 4 N–H and O–H groups in total. The topological polar surface area (TPSA) is 80.0 Å². The van der Waals surface area contributed by atoms with Crippen LogP contribution in [-0.4, -0.2) is 11.0 Å². The number of rotatable bonds is 4. The van der Waals surface area contributed by atoms with Crippen LogP contribution in [0.15, 0.2) is 73.1 Å². The van der Waals surface area contributed by atoms with Crippen LogP contribution in [-0.2, 0) is 13.1 Å². The Morgan fingerprint density at radius 2 is 1.52 bits per heavy atom. The van der Waals surface area contributed by atoms with Crippen LogP contribution in [0, 0.1) is 0 Å². The van der Waals surface area contributed by atoms with Crippen molar-refractivity contribution < 1.29 is 4.79 Å². The van der Waals surface area contributed by atoms with E-state index in [9.17, 15) is 4.79 Å². The number of carbonyl (C=O) groups is 1. The highest BCUT2D eigenvalue weighted by Crippen LogP contribution is 2.24. The number of hydrogen-bond acceptors (Lipinski definition) is 3. The summed E-state index contributed by atoms with van der Waals surface area (Å²) in [4.78, 5) is 16.2. The molecule has 1 aromatic heterocycles. The maximum absolute atomic E-state index is 12.1. The Morgan fingerprint density at radius 1 is 0.848 bits per heavy atom. The van der Waals surface area contributed by atoms with Gasteiger partial charge in [0.1, 0.15) is 0 Å². The average molecular weight is 522 g/mol. The zero-order chi connectivity index (χ0) is 23.8. The number of pyridine rings is 1. The second-order valence-corrected chi connectivity index (χ2v) is 8.54. The van der Waals surface area contributed by atoms with Gasteiger partial charge in [-0.05, 0) is 47.5 Å². The molecule has 2 amide bonds. The Hall–Kier alpha value is -2.54. The third-order valence-electron chi connectivity index (χ3n) is 4.59. The molecule has 4 aromatic rings. The van der Waals surface area contributed by atoms with Gasteiger partial charge in [-0.15, -0.1) is 0 Å². The molecule has 4 rings (SSSR count). The SMILES string of the molecule is NCc1ccc(Cl)c(Cl)c1.O=C(NCc1ccc(Cl)c(Cl)c1)Nc1cccc2cnccc12. The van der Waals surface area contributed by atoms with Gasteiger partial charge in [0.05, 0.1) is 25.8 Å². The van der Waals surface area contributed by atoms with Gasteiger partial charge in [0.15, 0.2) is 0 Å². The van der Waals surface area contributed by atoms with Crippen LogP contribution in [0.25, 0.3) is 10.8 Å². The van der Waals surface area contributed by atoms with Crippen LogP contribution in [0.4, 0.5) is 10.5 Å². The first kappa shape index (κ1) is 25.1. The average Bonchev–Trinajstić information content (AvgIpc) is 2.82. The van der Waals surface area contributed by atoms with Crippen LogP contribution in [0.2, 0.25) is 20.1 Å². The Balaban J connectivity index is 0.000000257. The summed E-state index contributed by atoms with van der Waals surface area (Å²) in [6.07, 6.45) is 3.45. The lowest BCUT2D eigenvalue weighted by Crippen LogP contribution is -2.28. The third kappa shape index (κ3) is 7.22. The number of halogens is 4. The minimum atomic E-state index is -0.291. The fourth-order valence-corrected chi connectivity index (χ4v) is 3.54. The molecule has 0 bridgehead atoms. The van der Waals surface area contributed by atoms with Crippen LogP contribution < -0.4 is 16.4 Å². The minimum Gasteiger partial charge on any atom is -0.334 e. The predicted molar refractivity (Wildman–Crippen MR) is 138 cm³/mol. The van der Waals surface area contributed by atoms with Crippen LogP contribution in [0.1, 0.15) is 11.1 Å². The molecule has 9 heteroatoms. The van der Waals surface area contributed by atoms with Crippen molar-refractivity contribution in [2.24, 2.45) is 5.73 Å². The van der Waals surface area contributed by atoms with E-state index in [1.54, 1.807) is 36.7 Å². The van der Waals surface area contributed by atoms with Gasteiger partial charge in [-0.25, -0.2) is 4.79 Å². The summed E-state index contributed by atoms with van der Waals surface area (Å²) in [7, 11) is 0. The summed E-state index contributed by atoms with van der Waals surface area (Å²) in [6, 6.07) is 17.9. The molecular formula is C24H20Cl4N4O. The summed E-state index contributed by atoms with van der Waals surface area (Å²) >= 11 is 23.2. The lowest BCUT2D eigenvalue weighted by Gasteiger charge is -2.10. The number of nitrogens with one attached hydrogen (secondary N) is 2. The molecule has 0 spiro atoms. The first-order chi connectivity index (χ1) is 15.9. The molecule has 170 valence electrons. The zero-order valence-corrected chi connectivity index (χ0v) is 20.3. The van der Waals surface area contributed by atoms with Gasteiger partial charge in [-0.1, -0.05) is 70.7 Å². The monoisotopic (exact) mass is 520 g/mol. The van der Waals surface area contributed by atoms with Gasteiger partial charge in [0.25, 0.3) is 0 Å². The van der Waals surface area contributed by atoms with E-state index < -0.39 is 0 Å². The van der Waals surface area contributed by atoms with Gasteiger partial charge < -0.3 is 16.4 Å². The molecule has 33 heavy (non-hydrogen) atoms. The van der Waals surface area contributed by atoms with E-state index in [1.165, 1.54) is 0 Å². The Labute approximate surface area is 211 Å². The molecule has 0 aliphatic carbocycles. The highest BCUT2D eigenvalue weighted by atomic mass is 35.5. The fourth-order valence-electron chi connectivity index (χ4n) is 2.90. The molecule has 5 nitrogen and oxygen atoms in total. The van der Waals surface area contributed by atoms with Crippen molar-refractivity contribution in [1.82, 2.24) is 10.3 Å². The van der Waals surface area contributed by atoms with Crippen molar-refractivity contribution in [3.05, 3.63) is 104 Å². The molecule has 0 saturated carbocycles. The van der Waals surface area contributed by atoms with Gasteiger partial charge >= 0.3 is 6.03 Å². The lowest BCUT2D eigenvalue weighted by molar-refractivity contribution is 0.252. The fraction of sp³-hybridized carbons (Fsp3) is 0.0833. The normalized spacial score (nSPS) is 10.3. The third-order valence-corrected chi connectivity index (χ3v) is 6.06. The number of aromatic nitrogens is 1. The molecule has 0 unspecified atom stereocenters. The Morgan fingerprint density at radius 3 is 2.18 bits per heavy atom. The van der Waals surface area contributed by atoms with Crippen molar-refractivity contribution in [1.29, 1.82) is 0 Å². The quantitative estimate of drug-likeness (QED) is 0.263. The van der Waals surface area contributed by atoms with E-state index in [0.29, 0.717) is 33.2 Å². The van der Waals surface area contributed by atoms with Crippen LogP contribution >= 0.6 is 46.4 Å². The first-order valence-electron chi connectivity index (χ1n) is 9.83. The number of benzene rings is 3. The van der Waals surface area contributed by atoms with Crippen LogP contribution in [0.5, 0.6) is 0 Å². The van der Waals surface area contributed by atoms with Crippen molar-refractivity contribution in [2.75, 3.05) is 5.32 Å². The van der Waals surface area contributed by atoms with E-state index in [1.807, 2.05) is 36.4 Å². The number of urea groups is 1. The van der Waals surface area contributed by atoms with Crippen molar-refractivity contribution in [2.45, 2.75) is 13.1 Å². The molecule has 0 fully saturated rings. The number of hydrogen-bond donors (Lipinski definition) is 3. The molecular weight excluding hydrogens is 502 g/mol. The van der Waals surface area contributed by atoms with E-state index >= 15 is 0 Å². The summed E-state index contributed by atoms with van der Waals surface area (Å²) in [5.74, 6) is 0. The zero-order valence-electron chi connectivity index (χ0n) is 17.3. The first-order valence-corrected chi connectivity index (χ1v) is 11.3. The Kier molecular flexibility index (Phi) is 9.18. The van der Waals surface area contributed by atoms with E-state index in [2.05, 4.69) is 15.6 Å². The number of amides is 2. The Bertz CT molecular complexity index is 1260. The number of anilines is 1. The molecule has 0 aliphatic heterocycles. The van der Waals surface area contributed by atoms with Gasteiger partial charge in [-0.3, -0.25) is 4.98 Å².